The molecule has 0 nitrogen and oxygen atoms in total. The SMILES string of the molecule is C[Si](C)(C)c1ccc(-c2ccc(-c3ccc4ccc(-c5ccc(-c6ccc([Si](C)(C)C)cc6)cc5)cc4c3)cc2)cc1. The lowest BCUT2D eigenvalue weighted by Gasteiger charge is -2.17. The first-order valence-corrected chi connectivity index (χ1v) is 22.0. The molecule has 2 heteroatoms. The lowest BCUT2D eigenvalue weighted by molar-refractivity contribution is 1.59. The average molecular weight is 577 g/mol. The summed E-state index contributed by atoms with van der Waals surface area (Å²) in [4.78, 5) is 0. The van der Waals surface area contributed by atoms with Crippen LogP contribution in [0.15, 0.2) is 133 Å². The fraction of sp³-hybridized carbons (Fsp3) is 0.150. The van der Waals surface area contributed by atoms with Gasteiger partial charge in [-0.15, -0.1) is 0 Å². The fourth-order valence-corrected chi connectivity index (χ4v) is 7.97. The van der Waals surface area contributed by atoms with E-state index in [9.17, 15) is 0 Å². The summed E-state index contributed by atoms with van der Waals surface area (Å²) in [6.07, 6.45) is 0. The lowest BCUT2D eigenvalue weighted by atomic mass is 9.95. The Morgan fingerprint density at radius 2 is 0.500 bits per heavy atom. The topological polar surface area (TPSA) is 0 Å². The summed E-state index contributed by atoms with van der Waals surface area (Å²) in [5.41, 5.74) is 10.1. The van der Waals surface area contributed by atoms with Crippen molar-refractivity contribution in [3.05, 3.63) is 133 Å². The molecule has 6 aromatic carbocycles. The largest absolute Gasteiger partial charge is 0.0775 e. The van der Waals surface area contributed by atoms with Crippen molar-refractivity contribution in [3.63, 3.8) is 0 Å². The molecule has 6 aromatic rings. The predicted octanol–water partition coefficient (Wildman–Crippen LogP) is 10.6. The van der Waals surface area contributed by atoms with Gasteiger partial charge in [0.2, 0.25) is 0 Å². The van der Waals surface area contributed by atoms with Crippen molar-refractivity contribution in [2.75, 3.05) is 0 Å². The average Bonchev–Trinajstić information content (AvgIpc) is 3.00. The number of hydrogen-bond acceptors (Lipinski definition) is 0. The van der Waals surface area contributed by atoms with Crippen LogP contribution < -0.4 is 10.4 Å². The summed E-state index contributed by atoms with van der Waals surface area (Å²) >= 11 is 0. The van der Waals surface area contributed by atoms with Gasteiger partial charge in [0.05, 0.1) is 16.1 Å². The molecule has 0 heterocycles. The Morgan fingerprint density at radius 3 is 0.786 bits per heavy atom. The molecule has 0 saturated heterocycles. The molecule has 208 valence electrons. The Hall–Kier alpha value is -3.99. The Morgan fingerprint density at radius 1 is 0.262 bits per heavy atom. The molecule has 0 unspecified atom stereocenters. The van der Waals surface area contributed by atoms with Crippen LogP contribution >= 0.6 is 0 Å². The van der Waals surface area contributed by atoms with Crippen LogP contribution in [0.25, 0.3) is 55.3 Å². The van der Waals surface area contributed by atoms with Crippen molar-refractivity contribution in [3.8, 4) is 44.5 Å². The molecule has 0 aliphatic heterocycles. The van der Waals surface area contributed by atoms with Crippen molar-refractivity contribution >= 4 is 37.3 Å². The standard InChI is InChI=1S/C40H40Si2/c1-41(2,3)39-23-19-31(20-24-39)29-7-11-33(12-8-29)36-17-15-35-16-18-37(28-38(35)27-36)34-13-9-30(10-14-34)32-21-25-40(26-22-32)42(4,5)6/h7-28H,1-6H3. The number of benzene rings is 6. The molecule has 0 bridgehead atoms. The van der Waals surface area contributed by atoms with Gasteiger partial charge in [-0.05, 0) is 67.4 Å². The molecule has 0 aliphatic rings. The van der Waals surface area contributed by atoms with E-state index < -0.39 is 16.1 Å². The molecule has 0 spiro atoms. The van der Waals surface area contributed by atoms with Crippen LogP contribution in [0.1, 0.15) is 0 Å². The van der Waals surface area contributed by atoms with E-state index in [-0.39, 0.29) is 0 Å². The van der Waals surface area contributed by atoms with E-state index in [4.69, 9.17) is 0 Å². The summed E-state index contributed by atoms with van der Waals surface area (Å²) in [6, 6.07) is 50.0. The summed E-state index contributed by atoms with van der Waals surface area (Å²) in [6.45, 7) is 14.4. The van der Waals surface area contributed by atoms with E-state index in [2.05, 4.69) is 173 Å². The van der Waals surface area contributed by atoms with Gasteiger partial charge >= 0.3 is 0 Å². The van der Waals surface area contributed by atoms with Gasteiger partial charge in [-0.1, -0.05) is 171 Å². The van der Waals surface area contributed by atoms with E-state index in [0.717, 1.165) is 0 Å². The van der Waals surface area contributed by atoms with Gasteiger partial charge in [-0.2, -0.15) is 0 Å². The zero-order valence-electron chi connectivity index (χ0n) is 25.7. The molecule has 0 aromatic heterocycles. The minimum Gasteiger partial charge on any atom is -0.0656 e. The Kier molecular flexibility index (Phi) is 7.38. The number of hydrogen-bond donors (Lipinski definition) is 0. The molecular weight excluding hydrogens is 537 g/mol. The fourth-order valence-electron chi connectivity index (χ4n) is 5.64. The monoisotopic (exact) mass is 576 g/mol. The van der Waals surface area contributed by atoms with Gasteiger partial charge in [-0.3, -0.25) is 0 Å². The molecule has 0 N–H and O–H groups in total. The molecule has 6 rings (SSSR count). The van der Waals surface area contributed by atoms with E-state index in [1.54, 1.807) is 0 Å². The van der Waals surface area contributed by atoms with E-state index >= 15 is 0 Å². The highest BCUT2D eigenvalue weighted by Gasteiger charge is 2.17. The highest BCUT2D eigenvalue weighted by atomic mass is 28.3. The van der Waals surface area contributed by atoms with Crippen molar-refractivity contribution in [1.82, 2.24) is 0 Å². The van der Waals surface area contributed by atoms with E-state index in [1.165, 1.54) is 65.7 Å². The van der Waals surface area contributed by atoms with Crippen LogP contribution in [0.4, 0.5) is 0 Å². The van der Waals surface area contributed by atoms with Crippen LogP contribution in [-0.4, -0.2) is 16.1 Å². The zero-order chi connectivity index (χ0) is 29.5. The van der Waals surface area contributed by atoms with Crippen LogP contribution in [0.3, 0.4) is 0 Å². The summed E-state index contributed by atoms with van der Waals surface area (Å²) in [7, 11) is -2.56. The minimum absolute atomic E-state index is 1.24. The van der Waals surface area contributed by atoms with Crippen molar-refractivity contribution in [2.45, 2.75) is 39.3 Å². The first kappa shape index (κ1) is 28.1. The molecular formula is C40H40Si2. The Balaban J connectivity index is 1.23. The smallest absolute Gasteiger partial charge is 0.0656 e. The van der Waals surface area contributed by atoms with Gasteiger partial charge < -0.3 is 0 Å². The molecule has 0 radical (unpaired) electrons. The van der Waals surface area contributed by atoms with Crippen LogP contribution in [0, 0.1) is 0 Å². The van der Waals surface area contributed by atoms with Crippen molar-refractivity contribution in [2.24, 2.45) is 0 Å². The van der Waals surface area contributed by atoms with E-state index in [0.29, 0.717) is 0 Å². The third-order valence-corrected chi connectivity index (χ3v) is 12.6. The number of fused-ring (bicyclic) bond motifs is 1. The summed E-state index contributed by atoms with van der Waals surface area (Å²) in [5, 5.41) is 5.53. The molecule has 0 aliphatic carbocycles. The maximum absolute atomic E-state index is 2.40. The van der Waals surface area contributed by atoms with Gasteiger partial charge in [0.25, 0.3) is 0 Å². The maximum Gasteiger partial charge on any atom is 0.0775 e. The third kappa shape index (κ3) is 5.97. The van der Waals surface area contributed by atoms with Gasteiger partial charge in [0.15, 0.2) is 0 Å². The highest BCUT2D eigenvalue weighted by molar-refractivity contribution is 6.89. The normalized spacial score (nSPS) is 12.0. The first-order valence-electron chi connectivity index (χ1n) is 15.0. The second-order valence-electron chi connectivity index (χ2n) is 13.6. The van der Waals surface area contributed by atoms with Gasteiger partial charge in [0.1, 0.15) is 0 Å². The first-order chi connectivity index (χ1) is 20.0. The molecule has 42 heavy (non-hydrogen) atoms. The molecule has 0 saturated carbocycles. The zero-order valence-corrected chi connectivity index (χ0v) is 27.7. The minimum atomic E-state index is -1.28. The van der Waals surface area contributed by atoms with Crippen molar-refractivity contribution in [1.29, 1.82) is 0 Å². The molecule has 0 atom stereocenters. The second kappa shape index (κ2) is 11.0. The third-order valence-electron chi connectivity index (χ3n) is 8.45. The number of rotatable bonds is 6. The molecule has 0 fully saturated rings. The predicted molar refractivity (Wildman–Crippen MR) is 192 cm³/mol. The van der Waals surface area contributed by atoms with E-state index in [1.807, 2.05) is 0 Å². The van der Waals surface area contributed by atoms with Crippen molar-refractivity contribution < 1.29 is 0 Å². The second-order valence-corrected chi connectivity index (χ2v) is 23.7. The Labute approximate surface area is 253 Å². The summed E-state index contributed by atoms with van der Waals surface area (Å²) < 4.78 is 0. The van der Waals surface area contributed by atoms with Gasteiger partial charge in [-0.25, -0.2) is 0 Å². The highest BCUT2D eigenvalue weighted by Crippen LogP contribution is 2.31. The lowest BCUT2D eigenvalue weighted by Crippen LogP contribution is -2.37. The van der Waals surface area contributed by atoms with Crippen LogP contribution in [0.2, 0.25) is 39.3 Å². The Bertz CT molecular complexity index is 1700. The van der Waals surface area contributed by atoms with Crippen LogP contribution in [0.5, 0.6) is 0 Å². The summed E-state index contributed by atoms with van der Waals surface area (Å²) in [5.74, 6) is 0. The van der Waals surface area contributed by atoms with Gasteiger partial charge in [0, 0.05) is 0 Å². The molecule has 0 amide bonds. The van der Waals surface area contributed by atoms with Crippen LogP contribution in [-0.2, 0) is 0 Å². The quantitative estimate of drug-likeness (QED) is 0.173. The maximum atomic E-state index is 2.40.